The second kappa shape index (κ2) is 3.73. The molecule has 2 rings (SSSR count). The molecule has 16 heavy (non-hydrogen) atoms. The largest absolute Gasteiger partial charge is 0.452 e. The van der Waals surface area contributed by atoms with Gasteiger partial charge in [0.15, 0.2) is 0 Å². The van der Waals surface area contributed by atoms with Crippen LogP contribution in [0.5, 0.6) is 0 Å². The highest BCUT2D eigenvalue weighted by molar-refractivity contribution is 6.15. The van der Waals surface area contributed by atoms with Crippen molar-refractivity contribution in [1.29, 1.82) is 0 Å². The number of amides is 3. The molecule has 0 radical (unpaired) electrons. The molecule has 2 unspecified atom stereocenters. The van der Waals surface area contributed by atoms with Gasteiger partial charge in [-0.2, -0.15) is 4.90 Å². The van der Waals surface area contributed by atoms with Gasteiger partial charge in [0.25, 0.3) is 0 Å². The number of carbonyl (C=O) groups is 3. The van der Waals surface area contributed by atoms with Crippen LogP contribution < -0.4 is 0 Å². The van der Waals surface area contributed by atoms with E-state index in [0.717, 1.165) is 12.7 Å². The number of methoxy groups -OCH3 is 1. The van der Waals surface area contributed by atoms with E-state index in [1.165, 1.54) is 0 Å². The van der Waals surface area contributed by atoms with Gasteiger partial charge in [-0.15, -0.1) is 0 Å². The summed E-state index contributed by atoms with van der Waals surface area (Å²) in [6.45, 7) is 1.93. The smallest absolute Gasteiger partial charge is 0.423 e. The van der Waals surface area contributed by atoms with Crippen LogP contribution in [0.15, 0.2) is 11.6 Å². The number of allylic oxidation sites excluding steroid dienone is 2. The van der Waals surface area contributed by atoms with Gasteiger partial charge in [-0.05, 0) is 19.8 Å². The molecule has 86 valence electrons. The molecule has 2 atom stereocenters. The Hall–Kier alpha value is -1.65. The van der Waals surface area contributed by atoms with Crippen LogP contribution in [0.4, 0.5) is 4.79 Å². The molecule has 1 heterocycles. The molecule has 0 aromatic carbocycles. The second-order valence-corrected chi connectivity index (χ2v) is 4.19. The maximum Gasteiger partial charge on any atom is 0.423 e. The van der Waals surface area contributed by atoms with Gasteiger partial charge in [0.05, 0.1) is 18.9 Å². The molecule has 0 saturated carbocycles. The zero-order valence-corrected chi connectivity index (χ0v) is 9.23. The summed E-state index contributed by atoms with van der Waals surface area (Å²) in [6, 6.07) is 0. The molecule has 0 aromatic heterocycles. The first-order valence-electron chi connectivity index (χ1n) is 5.17. The van der Waals surface area contributed by atoms with Crippen molar-refractivity contribution in [2.75, 3.05) is 7.11 Å². The Morgan fingerprint density at radius 3 is 2.62 bits per heavy atom. The molecule has 1 aliphatic carbocycles. The first kappa shape index (κ1) is 10.9. The first-order chi connectivity index (χ1) is 7.56. The number of carbonyl (C=O) groups excluding carboxylic acids is 3. The Morgan fingerprint density at radius 1 is 1.38 bits per heavy atom. The van der Waals surface area contributed by atoms with E-state index in [9.17, 15) is 14.4 Å². The maximum atomic E-state index is 11.9. The first-order valence-corrected chi connectivity index (χ1v) is 5.17. The van der Waals surface area contributed by atoms with Crippen LogP contribution in [0.2, 0.25) is 0 Å². The van der Waals surface area contributed by atoms with Crippen molar-refractivity contribution in [1.82, 2.24) is 4.90 Å². The molecule has 1 aliphatic heterocycles. The Labute approximate surface area is 93.0 Å². The van der Waals surface area contributed by atoms with Gasteiger partial charge >= 0.3 is 6.09 Å². The molecule has 0 spiro atoms. The third-order valence-electron chi connectivity index (χ3n) is 3.18. The van der Waals surface area contributed by atoms with E-state index in [1.54, 1.807) is 0 Å². The van der Waals surface area contributed by atoms with Crippen molar-refractivity contribution in [2.45, 2.75) is 19.8 Å². The standard InChI is InChI=1S/C11H13NO4/c1-6-3-4-7-8(5-6)10(14)12(9(7)13)11(15)16-2/h3,7-8H,4-5H2,1-2H3. The lowest BCUT2D eigenvalue weighted by Crippen LogP contribution is -2.37. The average molecular weight is 223 g/mol. The summed E-state index contributed by atoms with van der Waals surface area (Å²) in [4.78, 5) is 35.7. The number of hydrogen-bond donors (Lipinski definition) is 0. The molecule has 1 saturated heterocycles. The fourth-order valence-electron chi connectivity index (χ4n) is 2.31. The quantitative estimate of drug-likeness (QED) is 0.455. The highest BCUT2D eigenvalue weighted by Crippen LogP contribution is 2.37. The van der Waals surface area contributed by atoms with E-state index in [-0.39, 0.29) is 11.8 Å². The van der Waals surface area contributed by atoms with Gasteiger partial charge in [-0.1, -0.05) is 11.6 Å². The summed E-state index contributed by atoms with van der Waals surface area (Å²) < 4.78 is 4.44. The lowest BCUT2D eigenvalue weighted by molar-refractivity contribution is -0.137. The summed E-state index contributed by atoms with van der Waals surface area (Å²) in [6.07, 6.45) is 2.17. The molecule has 1 fully saturated rings. The van der Waals surface area contributed by atoms with Gasteiger partial charge in [-0.25, -0.2) is 4.79 Å². The van der Waals surface area contributed by atoms with E-state index in [4.69, 9.17) is 0 Å². The maximum absolute atomic E-state index is 11.9. The van der Waals surface area contributed by atoms with Crippen LogP contribution in [0.1, 0.15) is 19.8 Å². The average Bonchev–Trinajstić information content (AvgIpc) is 2.51. The minimum Gasteiger partial charge on any atom is -0.452 e. The van der Waals surface area contributed by atoms with Gasteiger partial charge in [0.2, 0.25) is 11.8 Å². The van der Waals surface area contributed by atoms with Crippen LogP contribution in [0, 0.1) is 11.8 Å². The molecule has 2 aliphatic rings. The third kappa shape index (κ3) is 1.43. The number of rotatable bonds is 0. The van der Waals surface area contributed by atoms with E-state index >= 15 is 0 Å². The highest BCUT2D eigenvalue weighted by Gasteiger charge is 2.51. The topological polar surface area (TPSA) is 63.7 Å². The highest BCUT2D eigenvalue weighted by atomic mass is 16.5. The Balaban J connectivity index is 2.28. The number of likely N-dealkylation sites (tertiary alicyclic amines) is 1. The lowest BCUT2D eigenvalue weighted by atomic mass is 9.82. The van der Waals surface area contributed by atoms with E-state index in [0.29, 0.717) is 17.7 Å². The van der Waals surface area contributed by atoms with E-state index in [2.05, 4.69) is 4.74 Å². The van der Waals surface area contributed by atoms with Crippen LogP contribution in [0.3, 0.4) is 0 Å². The third-order valence-corrected chi connectivity index (χ3v) is 3.18. The molecular formula is C11H13NO4. The summed E-state index contributed by atoms with van der Waals surface area (Å²) >= 11 is 0. The van der Waals surface area contributed by atoms with Crippen molar-refractivity contribution >= 4 is 17.9 Å². The number of nitrogens with zero attached hydrogens (tertiary/aromatic N) is 1. The Morgan fingerprint density at radius 2 is 2.00 bits per heavy atom. The van der Waals surface area contributed by atoms with Crippen LogP contribution in [0.25, 0.3) is 0 Å². The fourth-order valence-corrected chi connectivity index (χ4v) is 2.31. The number of fused-ring (bicyclic) bond motifs is 1. The molecule has 0 aromatic rings. The van der Waals surface area contributed by atoms with Crippen LogP contribution in [-0.4, -0.2) is 29.9 Å². The molecule has 3 amide bonds. The lowest BCUT2D eigenvalue weighted by Gasteiger charge is -2.18. The van der Waals surface area contributed by atoms with Crippen molar-refractivity contribution in [3.63, 3.8) is 0 Å². The van der Waals surface area contributed by atoms with Crippen LogP contribution >= 0.6 is 0 Å². The minimum atomic E-state index is -0.873. The normalized spacial score (nSPS) is 28.9. The zero-order valence-electron chi connectivity index (χ0n) is 9.23. The predicted molar refractivity (Wildman–Crippen MR) is 54.2 cm³/mol. The Kier molecular flexibility index (Phi) is 2.53. The fraction of sp³-hybridized carbons (Fsp3) is 0.545. The Bertz CT molecular complexity index is 399. The molecule has 0 N–H and O–H groups in total. The SMILES string of the molecule is COC(=O)N1C(=O)C2CC=C(C)CC2C1=O. The predicted octanol–water partition coefficient (Wildman–Crippen LogP) is 1.09. The second-order valence-electron chi connectivity index (χ2n) is 4.19. The molecule has 5 heteroatoms. The summed E-state index contributed by atoms with van der Waals surface area (Å²) in [5, 5.41) is 0. The molecule has 5 nitrogen and oxygen atoms in total. The molecule has 0 bridgehead atoms. The van der Waals surface area contributed by atoms with Crippen molar-refractivity contribution in [2.24, 2.45) is 11.8 Å². The van der Waals surface area contributed by atoms with Gasteiger partial charge in [0.1, 0.15) is 0 Å². The number of hydrogen-bond acceptors (Lipinski definition) is 4. The monoisotopic (exact) mass is 223 g/mol. The summed E-state index contributed by atoms with van der Waals surface area (Å²) in [5.74, 6) is -1.60. The summed E-state index contributed by atoms with van der Waals surface area (Å²) in [7, 11) is 1.16. The van der Waals surface area contributed by atoms with Crippen molar-refractivity contribution in [3.8, 4) is 0 Å². The van der Waals surface area contributed by atoms with E-state index in [1.807, 2.05) is 13.0 Å². The van der Waals surface area contributed by atoms with Gasteiger partial charge in [-0.3, -0.25) is 9.59 Å². The van der Waals surface area contributed by atoms with Crippen molar-refractivity contribution in [3.05, 3.63) is 11.6 Å². The number of imide groups is 3. The minimum absolute atomic E-state index is 0.378. The van der Waals surface area contributed by atoms with Gasteiger partial charge < -0.3 is 4.74 Å². The van der Waals surface area contributed by atoms with Gasteiger partial charge in [0, 0.05) is 0 Å². The van der Waals surface area contributed by atoms with E-state index < -0.39 is 17.9 Å². The molecular weight excluding hydrogens is 210 g/mol. The van der Waals surface area contributed by atoms with Crippen molar-refractivity contribution < 1.29 is 19.1 Å². The van der Waals surface area contributed by atoms with Crippen LogP contribution in [-0.2, 0) is 14.3 Å². The number of ether oxygens (including phenoxy) is 1. The summed E-state index contributed by atoms with van der Waals surface area (Å²) in [5.41, 5.74) is 1.09. The zero-order chi connectivity index (χ0) is 11.9.